The van der Waals surface area contributed by atoms with Crippen molar-refractivity contribution in [1.82, 2.24) is 4.98 Å². The molecule has 0 fully saturated rings. The molecule has 3 aromatic heterocycles. The van der Waals surface area contributed by atoms with E-state index >= 15 is 0 Å². The lowest BCUT2D eigenvalue weighted by Crippen LogP contribution is -2.52. The lowest BCUT2D eigenvalue weighted by molar-refractivity contribution is -0.658. The molecule has 1 aliphatic rings. The monoisotopic (exact) mass is 383 g/mol. The zero-order valence-corrected chi connectivity index (χ0v) is 16.7. The fourth-order valence-corrected chi connectivity index (χ4v) is 4.31. The van der Waals surface area contributed by atoms with Crippen molar-refractivity contribution in [1.29, 1.82) is 0 Å². The predicted octanol–water partition coefficient (Wildman–Crippen LogP) is 4.34. The van der Waals surface area contributed by atoms with E-state index in [1.807, 2.05) is 73.1 Å². The number of allylic oxidation sites excluding steroid dienone is 1. The second-order valence-corrected chi connectivity index (χ2v) is 7.50. The number of fused-ring (bicyclic) bond motifs is 3. The van der Waals surface area contributed by atoms with E-state index in [0.717, 1.165) is 33.7 Å². The first-order valence-corrected chi connectivity index (χ1v) is 9.70. The number of hydrogen-bond acceptors (Lipinski definition) is 3. The maximum Gasteiger partial charge on any atom is 0.413 e. The normalized spacial score (nSPS) is 15.6. The van der Waals surface area contributed by atoms with Crippen LogP contribution in [0.2, 0.25) is 6.82 Å². The van der Waals surface area contributed by atoms with Gasteiger partial charge in [0.2, 0.25) is 5.71 Å². The second-order valence-electron chi connectivity index (χ2n) is 7.50. The number of aryl methyl sites for hydroxylation is 2. The second kappa shape index (κ2) is 6.62. The molecule has 0 saturated heterocycles. The van der Waals surface area contributed by atoms with Gasteiger partial charge in [-0.2, -0.15) is 0 Å². The first kappa shape index (κ1) is 14.6. The number of aromatic nitrogens is 2. The summed E-state index contributed by atoms with van der Waals surface area (Å²) in [5, 5.41) is 0.994. The van der Waals surface area contributed by atoms with Crippen LogP contribution >= 0.6 is 0 Å². The van der Waals surface area contributed by atoms with Crippen LogP contribution in [0.3, 0.4) is 0 Å². The summed E-state index contributed by atoms with van der Waals surface area (Å²) in [5.74, 6) is 1.73. The summed E-state index contributed by atoms with van der Waals surface area (Å²) in [7, 11) is 1.89. The smallest absolute Gasteiger partial charge is 0.413 e. The summed E-state index contributed by atoms with van der Waals surface area (Å²) < 4.78 is 32.2. The van der Waals surface area contributed by atoms with E-state index in [-0.39, 0.29) is 6.85 Å². The Kier molecular flexibility index (Phi) is 3.34. The van der Waals surface area contributed by atoms with Gasteiger partial charge in [0.05, 0.1) is 18.9 Å². The topological polar surface area (TPSA) is 33.2 Å². The van der Waals surface area contributed by atoms with Crippen molar-refractivity contribution in [3.05, 3.63) is 77.9 Å². The van der Waals surface area contributed by atoms with Crippen molar-refractivity contribution in [3.63, 3.8) is 0 Å². The maximum absolute atomic E-state index is 8.10. The molecule has 5 rings (SSSR count). The molecule has 0 amide bonds. The van der Waals surface area contributed by atoms with Gasteiger partial charge < -0.3 is 4.42 Å². The van der Waals surface area contributed by atoms with Crippen LogP contribution < -0.4 is 14.8 Å². The third-order valence-corrected chi connectivity index (χ3v) is 5.64. The highest BCUT2D eigenvalue weighted by molar-refractivity contribution is 6.79. The van der Waals surface area contributed by atoms with Crippen molar-refractivity contribution in [2.75, 3.05) is 4.81 Å². The van der Waals surface area contributed by atoms with Crippen LogP contribution in [-0.2, 0) is 7.05 Å². The number of furan rings is 1. The SMILES string of the molecule is [2H]C([2H])([2H])c1c[n+](C)c(N2B(C)c3c(oc4ncccc34)C=C2C)cc1-c1ccccc1. The fraction of sp³-hybridized carbons (Fsp3) is 0.167. The zero-order valence-electron chi connectivity index (χ0n) is 19.7. The van der Waals surface area contributed by atoms with Crippen LogP contribution in [0.1, 0.15) is 22.4 Å². The van der Waals surface area contributed by atoms with Gasteiger partial charge in [-0.3, -0.25) is 4.81 Å². The van der Waals surface area contributed by atoms with E-state index in [4.69, 9.17) is 8.53 Å². The number of nitrogens with zero attached hydrogens (tertiary/aromatic N) is 3. The third-order valence-electron chi connectivity index (χ3n) is 5.64. The molecule has 0 bridgehead atoms. The van der Waals surface area contributed by atoms with Crippen LogP contribution in [0.5, 0.6) is 0 Å². The molecule has 0 radical (unpaired) electrons. The number of rotatable bonds is 2. The van der Waals surface area contributed by atoms with E-state index in [1.54, 1.807) is 12.4 Å². The van der Waals surface area contributed by atoms with Crippen molar-refractivity contribution in [3.8, 4) is 11.1 Å². The Labute approximate surface area is 175 Å². The van der Waals surface area contributed by atoms with Crippen LogP contribution in [0.25, 0.3) is 28.3 Å². The Hall–Kier alpha value is -3.34. The van der Waals surface area contributed by atoms with E-state index in [0.29, 0.717) is 16.8 Å². The standard InChI is InChI=1S/C24H23BN3O/c1-16-15-27(4)22(14-20(16)18-9-6-5-7-10-18)28-17(2)13-21-23(25(28)3)19-11-8-12-26-24(19)29-21/h5-15H,1-4H3/q+1/i1D3. The van der Waals surface area contributed by atoms with Crippen molar-refractivity contribution in [2.45, 2.75) is 20.6 Å². The lowest BCUT2D eigenvalue weighted by Gasteiger charge is -2.27. The molecule has 4 heterocycles. The van der Waals surface area contributed by atoms with Gasteiger partial charge in [0, 0.05) is 33.3 Å². The Bertz CT molecular complexity index is 1360. The number of benzene rings is 1. The first-order chi connectivity index (χ1) is 15.3. The Balaban J connectivity index is 1.71. The van der Waals surface area contributed by atoms with Crippen LogP contribution in [0.4, 0.5) is 5.82 Å². The lowest BCUT2D eigenvalue weighted by atomic mass is 9.54. The van der Waals surface area contributed by atoms with Gasteiger partial charge in [0.25, 0.3) is 5.82 Å². The maximum atomic E-state index is 8.10. The molecule has 0 N–H and O–H groups in total. The summed E-state index contributed by atoms with van der Waals surface area (Å²) in [5.41, 5.74) is 4.65. The molecular formula is C24H23BN3O+. The summed E-state index contributed by atoms with van der Waals surface area (Å²) in [6, 6.07) is 15.6. The van der Waals surface area contributed by atoms with E-state index in [1.165, 1.54) is 0 Å². The molecule has 4 aromatic rings. The average Bonchev–Trinajstić information content (AvgIpc) is 3.12. The van der Waals surface area contributed by atoms with Crippen molar-refractivity contribution in [2.24, 2.45) is 7.05 Å². The van der Waals surface area contributed by atoms with Gasteiger partial charge in [0.1, 0.15) is 5.76 Å². The summed E-state index contributed by atoms with van der Waals surface area (Å²) in [4.78, 5) is 6.59. The number of anilines is 1. The quantitative estimate of drug-likeness (QED) is 0.382. The Morgan fingerprint density at radius 2 is 2.00 bits per heavy atom. The number of hydrogen-bond donors (Lipinski definition) is 0. The van der Waals surface area contributed by atoms with Gasteiger partial charge in [-0.05, 0) is 49.4 Å². The van der Waals surface area contributed by atoms with Crippen LogP contribution in [-0.4, -0.2) is 11.8 Å². The van der Waals surface area contributed by atoms with Gasteiger partial charge in [0.15, 0.2) is 0 Å². The molecule has 0 unspecified atom stereocenters. The molecule has 0 atom stereocenters. The highest BCUT2D eigenvalue weighted by Gasteiger charge is 2.40. The highest BCUT2D eigenvalue weighted by atomic mass is 16.3. The third kappa shape index (κ3) is 2.77. The largest absolute Gasteiger partial charge is 0.439 e. The van der Waals surface area contributed by atoms with E-state index in [9.17, 15) is 0 Å². The first-order valence-electron chi connectivity index (χ1n) is 11.2. The molecule has 4 nitrogen and oxygen atoms in total. The molecule has 1 aromatic carbocycles. The molecule has 0 saturated carbocycles. The Morgan fingerprint density at radius 1 is 1.17 bits per heavy atom. The average molecular weight is 383 g/mol. The summed E-state index contributed by atoms with van der Waals surface area (Å²) in [6.07, 6.45) is 5.49. The van der Waals surface area contributed by atoms with Gasteiger partial charge in [-0.15, -0.1) is 0 Å². The van der Waals surface area contributed by atoms with Gasteiger partial charge in [-0.1, -0.05) is 30.3 Å². The summed E-state index contributed by atoms with van der Waals surface area (Å²) >= 11 is 0. The van der Waals surface area contributed by atoms with Gasteiger partial charge >= 0.3 is 6.85 Å². The van der Waals surface area contributed by atoms with Crippen molar-refractivity contribution < 1.29 is 13.1 Å². The molecule has 29 heavy (non-hydrogen) atoms. The highest BCUT2D eigenvalue weighted by Crippen LogP contribution is 2.31. The predicted molar refractivity (Wildman–Crippen MR) is 119 cm³/mol. The molecule has 1 aliphatic heterocycles. The molecular weight excluding hydrogens is 357 g/mol. The minimum Gasteiger partial charge on any atom is -0.439 e. The summed E-state index contributed by atoms with van der Waals surface area (Å²) in [6.45, 7) is 1.94. The minimum absolute atomic E-state index is 0.0196. The van der Waals surface area contributed by atoms with E-state index in [2.05, 4.69) is 16.6 Å². The van der Waals surface area contributed by atoms with Crippen molar-refractivity contribution >= 4 is 35.3 Å². The van der Waals surface area contributed by atoms with Gasteiger partial charge in [-0.25, -0.2) is 9.55 Å². The van der Waals surface area contributed by atoms with E-state index < -0.39 is 6.85 Å². The van der Waals surface area contributed by atoms with Crippen LogP contribution in [0, 0.1) is 6.85 Å². The fourth-order valence-electron chi connectivity index (χ4n) is 4.31. The number of pyridine rings is 2. The minimum atomic E-state index is -2.22. The molecule has 0 spiro atoms. The molecule has 5 heteroatoms. The zero-order chi connectivity index (χ0) is 22.6. The Morgan fingerprint density at radius 3 is 2.79 bits per heavy atom. The molecule has 142 valence electrons. The van der Waals surface area contributed by atoms with Crippen LogP contribution in [0.15, 0.2) is 71.0 Å². The molecule has 0 aliphatic carbocycles.